The molecule has 3 aromatic rings. The molecule has 1 aromatic heterocycles. The lowest BCUT2D eigenvalue weighted by molar-refractivity contribution is 0.269. The molecule has 0 atom stereocenters. The summed E-state index contributed by atoms with van der Waals surface area (Å²) in [6.45, 7) is 2.65. The highest BCUT2D eigenvalue weighted by Crippen LogP contribution is 2.27. The van der Waals surface area contributed by atoms with E-state index in [2.05, 4.69) is 4.98 Å². The zero-order valence-corrected chi connectivity index (χ0v) is 17.2. The van der Waals surface area contributed by atoms with E-state index in [-0.39, 0.29) is 16.5 Å². The zero-order valence-electron chi connectivity index (χ0n) is 16.4. The van der Waals surface area contributed by atoms with Crippen LogP contribution < -0.4 is 10.3 Å². The van der Waals surface area contributed by atoms with Crippen LogP contribution in [0, 0.1) is 6.92 Å². The molecule has 4 rings (SSSR count). The molecule has 0 saturated carbocycles. The fourth-order valence-electron chi connectivity index (χ4n) is 3.83. The Hall–Kier alpha value is -2.71. The summed E-state index contributed by atoms with van der Waals surface area (Å²) in [4.78, 5) is 17.6. The van der Waals surface area contributed by atoms with Gasteiger partial charge in [-0.05, 0) is 55.7 Å². The van der Waals surface area contributed by atoms with E-state index in [1.165, 1.54) is 4.31 Å². The number of ether oxygens (including phenoxy) is 1. The lowest BCUT2D eigenvalue weighted by Gasteiger charge is -2.32. The van der Waals surface area contributed by atoms with Crippen LogP contribution in [-0.2, 0) is 10.0 Å². The lowest BCUT2D eigenvalue weighted by Crippen LogP contribution is -2.40. The van der Waals surface area contributed by atoms with E-state index >= 15 is 0 Å². The molecule has 1 fully saturated rings. The molecule has 7 nitrogen and oxygen atoms in total. The number of aryl methyl sites for hydroxylation is 1. The smallest absolute Gasteiger partial charge is 0.261 e. The van der Waals surface area contributed by atoms with E-state index in [1.54, 1.807) is 48.3 Å². The number of aromatic nitrogens is 2. The summed E-state index contributed by atoms with van der Waals surface area (Å²) in [6.07, 6.45) is 2.72. The van der Waals surface area contributed by atoms with Crippen LogP contribution in [0.5, 0.6) is 5.75 Å². The summed E-state index contributed by atoms with van der Waals surface area (Å²) in [7, 11) is -2.03. The summed E-state index contributed by atoms with van der Waals surface area (Å²) >= 11 is 0. The Kier molecular flexibility index (Phi) is 5.14. The molecule has 0 bridgehead atoms. The largest absolute Gasteiger partial charge is 0.497 e. The Morgan fingerprint density at radius 2 is 1.76 bits per heavy atom. The molecular formula is C21H23N3O4S. The quantitative estimate of drug-likeness (QED) is 0.657. The highest BCUT2D eigenvalue weighted by Gasteiger charge is 2.30. The molecule has 0 aliphatic carbocycles. The number of hydrogen-bond donors (Lipinski definition) is 0. The third-order valence-corrected chi connectivity index (χ3v) is 7.44. The van der Waals surface area contributed by atoms with Crippen LogP contribution in [0.2, 0.25) is 0 Å². The van der Waals surface area contributed by atoms with Crippen LogP contribution in [0.1, 0.15) is 24.4 Å². The Morgan fingerprint density at radius 3 is 2.41 bits per heavy atom. The third-order valence-electron chi connectivity index (χ3n) is 5.53. The predicted octanol–water partition coefficient (Wildman–Crippen LogP) is 2.74. The highest BCUT2D eigenvalue weighted by molar-refractivity contribution is 7.89. The molecule has 0 amide bonds. The average molecular weight is 413 g/mol. The van der Waals surface area contributed by atoms with Gasteiger partial charge in [0.2, 0.25) is 10.0 Å². The summed E-state index contributed by atoms with van der Waals surface area (Å²) in [5, 5.41) is 0.598. The van der Waals surface area contributed by atoms with Gasteiger partial charge in [-0.25, -0.2) is 13.4 Å². The Morgan fingerprint density at radius 1 is 1.07 bits per heavy atom. The molecule has 1 aliphatic rings. The lowest BCUT2D eigenvalue weighted by atomic mass is 10.1. The van der Waals surface area contributed by atoms with Crippen molar-refractivity contribution >= 4 is 20.9 Å². The van der Waals surface area contributed by atoms with Gasteiger partial charge in [0.05, 0.1) is 29.2 Å². The summed E-state index contributed by atoms with van der Waals surface area (Å²) in [6, 6.07) is 11.9. The molecular weight excluding hydrogens is 390 g/mol. The van der Waals surface area contributed by atoms with Gasteiger partial charge in [-0.1, -0.05) is 12.1 Å². The molecule has 0 radical (unpaired) electrons. The van der Waals surface area contributed by atoms with Crippen molar-refractivity contribution in [3.05, 3.63) is 64.7 Å². The van der Waals surface area contributed by atoms with Gasteiger partial charge in [-0.3, -0.25) is 9.36 Å². The summed E-state index contributed by atoms with van der Waals surface area (Å²) < 4.78 is 34.1. The van der Waals surface area contributed by atoms with E-state index in [0.717, 1.165) is 5.56 Å². The number of sulfonamides is 1. The van der Waals surface area contributed by atoms with Gasteiger partial charge in [0.15, 0.2) is 0 Å². The van der Waals surface area contributed by atoms with Crippen molar-refractivity contribution in [1.29, 1.82) is 0 Å². The molecule has 1 saturated heterocycles. The predicted molar refractivity (Wildman–Crippen MR) is 111 cm³/mol. The maximum Gasteiger partial charge on any atom is 0.261 e. The molecule has 0 unspecified atom stereocenters. The van der Waals surface area contributed by atoms with Crippen LogP contribution >= 0.6 is 0 Å². The summed E-state index contributed by atoms with van der Waals surface area (Å²) in [5.74, 6) is 0.612. The molecule has 2 heterocycles. The first-order chi connectivity index (χ1) is 13.9. The van der Waals surface area contributed by atoms with Gasteiger partial charge < -0.3 is 4.74 Å². The van der Waals surface area contributed by atoms with Crippen molar-refractivity contribution in [2.45, 2.75) is 30.7 Å². The molecule has 8 heteroatoms. The van der Waals surface area contributed by atoms with E-state index in [9.17, 15) is 13.2 Å². The zero-order chi connectivity index (χ0) is 20.6. The number of methoxy groups -OCH3 is 1. The highest BCUT2D eigenvalue weighted by atomic mass is 32.2. The van der Waals surface area contributed by atoms with Crippen molar-refractivity contribution in [3.63, 3.8) is 0 Å². The number of fused-ring (bicyclic) bond motifs is 1. The summed E-state index contributed by atoms with van der Waals surface area (Å²) in [5.41, 5.74) is 1.61. The van der Waals surface area contributed by atoms with E-state index < -0.39 is 10.0 Å². The van der Waals surface area contributed by atoms with E-state index in [1.807, 2.05) is 19.1 Å². The number of hydrogen-bond acceptors (Lipinski definition) is 5. The number of piperidine rings is 1. The second kappa shape index (κ2) is 7.61. The first-order valence-corrected chi connectivity index (χ1v) is 11.0. The number of para-hydroxylation sites is 1. The minimum absolute atomic E-state index is 0.0674. The second-order valence-electron chi connectivity index (χ2n) is 7.24. The Balaban J connectivity index is 1.54. The molecule has 2 aromatic carbocycles. The van der Waals surface area contributed by atoms with Crippen LogP contribution in [0.4, 0.5) is 0 Å². The Bertz CT molecular complexity index is 1190. The van der Waals surface area contributed by atoms with E-state index in [0.29, 0.717) is 42.6 Å². The topological polar surface area (TPSA) is 81.5 Å². The standard InChI is InChI=1S/C21H23N3O4S/c1-15-4-3-5-19-20(15)22-14-24(21(19)25)16-10-12-23(13-11-16)29(26,27)18-8-6-17(28-2)7-9-18/h3-9,14,16H,10-13H2,1-2H3. The number of nitrogens with zero attached hydrogens (tertiary/aromatic N) is 3. The first kappa shape index (κ1) is 19.6. The van der Waals surface area contributed by atoms with Crippen LogP contribution in [0.3, 0.4) is 0 Å². The molecule has 0 N–H and O–H groups in total. The van der Waals surface area contributed by atoms with Crippen LogP contribution in [-0.4, -0.2) is 42.5 Å². The average Bonchev–Trinajstić information content (AvgIpc) is 2.75. The van der Waals surface area contributed by atoms with Gasteiger partial charge >= 0.3 is 0 Å². The fourth-order valence-corrected chi connectivity index (χ4v) is 5.30. The van der Waals surface area contributed by atoms with Crippen molar-refractivity contribution < 1.29 is 13.2 Å². The molecule has 29 heavy (non-hydrogen) atoms. The number of benzene rings is 2. The first-order valence-electron chi connectivity index (χ1n) is 9.52. The van der Waals surface area contributed by atoms with Crippen molar-refractivity contribution in [2.24, 2.45) is 0 Å². The molecule has 1 aliphatic heterocycles. The minimum Gasteiger partial charge on any atom is -0.497 e. The van der Waals surface area contributed by atoms with Gasteiger partial charge in [0, 0.05) is 19.1 Å². The molecule has 0 spiro atoms. The number of rotatable bonds is 4. The van der Waals surface area contributed by atoms with Gasteiger partial charge in [0.25, 0.3) is 5.56 Å². The van der Waals surface area contributed by atoms with Crippen molar-refractivity contribution in [3.8, 4) is 5.75 Å². The van der Waals surface area contributed by atoms with Crippen LogP contribution in [0.25, 0.3) is 10.9 Å². The minimum atomic E-state index is -3.57. The molecule has 152 valence electrons. The van der Waals surface area contributed by atoms with Crippen molar-refractivity contribution in [1.82, 2.24) is 13.9 Å². The monoisotopic (exact) mass is 413 g/mol. The fraction of sp³-hybridized carbons (Fsp3) is 0.333. The van der Waals surface area contributed by atoms with Crippen LogP contribution in [0.15, 0.2) is 58.5 Å². The second-order valence-corrected chi connectivity index (χ2v) is 9.18. The third kappa shape index (κ3) is 3.54. The maximum absolute atomic E-state index is 12.9. The normalized spacial score (nSPS) is 16.2. The van der Waals surface area contributed by atoms with E-state index in [4.69, 9.17) is 4.74 Å². The van der Waals surface area contributed by atoms with Gasteiger partial charge in [-0.2, -0.15) is 4.31 Å². The van der Waals surface area contributed by atoms with Gasteiger partial charge in [-0.15, -0.1) is 0 Å². The maximum atomic E-state index is 12.9. The van der Waals surface area contributed by atoms with Crippen molar-refractivity contribution in [2.75, 3.05) is 20.2 Å². The Labute approximate surface area is 169 Å². The SMILES string of the molecule is COc1ccc(S(=O)(=O)N2CCC(n3cnc4c(C)cccc4c3=O)CC2)cc1. The van der Waals surface area contributed by atoms with Gasteiger partial charge in [0.1, 0.15) is 5.75 Å².